The van der Waals surface area contributed by atoms with Crippen LogP contribution in [0.2, 0.25) is 0 Å². The third-order valence-electron chi connectivity index (χ3n) is 4.45. The molecule has 0 unspecified atom stereocenters. The molecule has 0 aliphatic heterocycles. The van der Waals surface area contributed by atoms with E-state index in [1.165, 1.54) is 12.2 Å². The van der Waals surface area contributed by atoms with Crippen molar-refractivity contribution in [3.63, 3.8) is 0 Å². The van der Waals surface area contributed by atoms with Gasteiger partial charge in [0.15, 0.2) is 0 Å². The largest absolute Gasteiger partial charge is 0.395 e. The van der Waals surface area contributed by atoms with Gasteiger partial charge in [0.05, 0.1) is 26.3 Å². The molecule has 0 bridgehead atoms. The zero-order chi connectivity index (χ0) is 20.9. The highest BCUT2D eigenvalue weighted by Gasteiger charge is 2.13. The SMILES string of the molecule is C=CCn1c(=O)n(CC=C)c(=O)n(CCCCCCN(CCO)CCO)c1=O. The molecule has 0 atom stereocenters. The molecule has 0 fully saturated rings. The molecule has 9 heteroatoms. The highest BCUT2D eigenvalue weighted by Crippen LogP contribution is 2.02. The molecule has 0 amide bonds. The zero-order valence-corrected chi connectivity index (χ0v) is 16.5. The molecule has 0 saturated carbocycles. The summed E-state index contributed by atoms with van der Waals surface area (Å²) >= 11 is 0. The number of aromatic nitrogens is 3. The van der Waals surface area contributed by atoms with Crippen LogP contribution in [0.5, 0.6) is 0 Å². The zero-order valence-electron chi connectivity index (χ0n) is 16.5. The Bertz CT molecular complexity index is 739. The molecule has 1 rings (SSSR count). The van der Waals surface area contributed by atoms with Gasteiger partial charge in [-0.05, 0) is 19.4 Å². The third kappa shape index (κ3) is 6.74. The van der Waals surface area contributed by atoms with Crippen LogP contribution in [0.4, 0.5) is 0 Å². The van der Waals surface area contributed by atoms with Crippen molar-refractivity contribution in [2.24, 2.45) is 0 Å². The van der Waals surface area contributed by atoms with Crippen LogP contribution in [0.15, 0.2) is 39.7 Å². The summed E-state index contributed by atoms with van der Waals surface area (Å²) in [6.45, 7) is 9.38. The van der Waals surface area contributed by atoms with E-state index in [0.29, 0.717) is 19.5 Å². The van der Waals surface area contributed by atoms with Gasteiger partial charge in [0.2, 0.25) is 0 Å². The van der Waals surface area contributed by atoms with E-state index in [-0.39, 0.29) is 32.8 Å². The quantitative estimate of drug-likeness (QED) is 0.302. The summed E-state index contributed by atoms with van der Waals surface area (Å²) in [6, 6.07) is 0. The molecular formula is C19H32N4O5. The van der Waals surface area contributed by atoms with E-state index >= 15 is 0 Å². The van der Waals surface area contributed by atoms with E-state index in [1.807, 2.05) is 4.90 Å². The second-order valence-corrected chi connectivity index (χ2v) is 6.50. The molecule has 158 valence electrons. The Labute approximate surface area is 164 Å². The van der Waals surface area contributed by atoms with Crippen LogP contribution in [0.1, 0.15) is 25.7 Å². The Hall–Kier alpha value is -2.23. The van der Waals surface area contributed by atoms with Crippen molar-refractivity contribution in [3.8, 4) is 0 Å². The van der Waals surface area contributed by atoms with Gasteiger partial charge in [-0.15, -0.1) is 13.2 Å². The molecule has 0 aromatic carbocycles. The van der Waals surface area contributed by atoms with Gasteiger partial charge in [0.25, 0.3) is 0 Å². The Balaban J connectivity index is 2.72. The number of aliphatic hydroxyl groups excluding tert-OH is 2. The predicted molar refractivity (Wildman–Crippen MR) is 109 cm³/mol. The Morgan fingerprint density at radius 1 is 0.714 bits per heavy atom. The summed E-state index contributed by atoms with van der Waals surface area (Å²) in [7, 11) is 0. The Morgan fingerprint density at radius 2 is 1.18 bits per heavy atom. The lowest BCUT2D eigenvalue weighted by Crippen LogP contribution is -2.54. The highest BCUT2D eigenvalue weighted by molar-refractivity contribution is 4.84. The van der Waals surface area contributed by atoms with Gasteiger partial charge in [-0.3, -0.25) is 4.90 Å². The maximum atomic E-state index is 12.5. The summed E-state index contributed by atoms with van der Waals surface area (Å²) in [5.41, 5.74) is -1.89. The second kappa shape index (κ2) is 13.0. The highest BCUT2D eigenvalue weighted by atomic mass is 16.3. The second-order valence-electron chi connectivity index (χ2n) is 6.50. The molecule has 1 aromatic rings. The first kappa shape index (κ1) is 23.8. The van der Waals surface area contributed by atoms with Crippen molar-refractivity contribution < 1.29 is 10.2 Å². The predicted octanol–water partition coefficient (Wildman–Crippen LogP) is -0.609. The number of unbranched alkanes of at least 4 members (excludes halogenated alkanes) is 3. The molecule has 2 N–H and O–H groups in total. The van der Waals surface area contributed by atoms with Gasteiger partial charge in [-0.1, -0.05) is 25.0 Å². The van der Waals surface area contributed by atoms with Crippen LogP contribution < -0.4 is 17.1 Å². The van der Waals surface area contributed by atoms with E-state index in [0.717, 1.165) is 39.5 Å². The van der Waals surface area contributed by atoms with Crippen LogP contribution in [0, 0.1) is 0 Å². The molecule has 0 radical (unpaired) electrons. The van der Waals surface area contributed by atoms with Crippen LogP contribution >= 0.6 is 0 Å². The normalized spacial score (nSPS) is 11.1. The lowest BCUT2D eigenvalue weighted by Gasteiger charge is -2.19. The first-order valence-corrected chi connectivity index (χ1v) is 9.62. The summed E-state index contributed by atoms with van der Waals surface area (Å²) in [5, 5.41) is 18.0. The summed E-state index contributed by atoms with van der Waals surface area (Å²) < 4.78 is 3.09. The van der Waals surface area contributed by atoms with Crippen molar-refractivity contribution in [3.05, 3.63) is 56.8 Å². The fourth-order valence-corrected chi connectivity index (χ4v) is 3.02. The van der Waals surface area contributed by atoms with Crippen LogP contribution in [0.3, 0.4) is 0 Å². The molecular weight excluding hydrogens is 364 g/mol. The number of aliphatic hydroxyl groups is 2. The number of hydrogen-bond acceptors (Lipinski definition) is 6. The fourth-order valence-electron chi connectivity index (χ4n) is 3.02. The maximum Gasteiger partial charge on any atom is 0.336 e. The van der Waals surface area contributed by atoms with E-state index < -0.39 is 17.1 Å². The van der Waals surface area contributed by atoms with E-state index in [9.17, 15) is 14.4 Å². The van der Waals surface area contributed by atoms with E-state index in [4.69, 9.17) is 10.2 Å². The van der Waals surface area contributed by atoms with Gasteiger partial charge in [-0.2, -0.15) is 0 Å². The molecule has 28 heavy (non-hydrogen) atoms. The van der Waals surface area contributed by atoms with Crippen molar-refractivity contribution in [2.45, 2.75) is 45.3 Å². The van der Waals surface area contributed by atoms with Gasteiger partial charge in [0, 0.05) is 19.6 Å². The van der Waals surface area contributed by atoms with Crippen molar-refractivity contribution in [1.82, 2.24) is 18.6 Å². The molecule has 1 heterocycles. The molecule has 0 saturated heterocycles. The minimum absolute atomic E-state index is 0.0423. The van der Waals surface area contributed by atoms with Gasteiger partial charge in [0.1, 0.15) is 0 Å². The summed E-state index contributed by atoms with van der Waals surface area (Å²) in [6.07, 6.45) is 6.14. The van der Waals surface area contributed by atoms with Crippen LogP contribution in [0.25, 0.3) is 0 Å². The van der Waals surface area contributed by atoms with Crippen LogP contribution in [-0.4, -0.2) is 61.7 Å². The van der Waals surface area contributed by atoms with Crippen molar-refractivity contribution >= 4 is 0 Å². The minimum atomic E-state index is -0.654. The topological polar surface area (TPSA) is 110 Å². The fraction of sp³-hybridized carbons (Fsp3) is 0.632. The Morgan fingerprint density at radius 3 is 1.64 bits per heavy atom. The van der Waals surface area contributed by atoms with Crippen molar-refractivity contribution in [2.75, 3.05) is 32.8 Å². The monoisotopic (exact) mass is 396 g/mol. The molecule has 0 aliphatic rings. The lowest BCUT2D eigenvalue weighted by molar-refractivity contribution is 0.159. The number of nitrogens with zero attached hydrogens (tertiary/aromatic N) is 4. The lowest BCUT2D eigenvalue weighted by atomic mass is 10.2. The number of allylic oxidation sites excluding steroid dienone is 2. The number of hydrogen-bond donors (Lipinski definition) is 2. The number of rotatable bonds is 15. The molecule has 0 aliphatic carbocycles. The third-order valence-corrected chi connectivity index (χ3v) is 4.45. The molecule has 1 aromatic heterocycles. The van der Waals surface area contributed by atoms with Gasteiger partial charge >= 0.3 is 17.1 Å². The molecule has 9 nitrogen and oxygen atoms in total. The Kier molecular flexibility index (Phi) is 11.1. The van der Waals surface area contributed by atoms with Crippen LogP contribution in [-0.2, 0) is 19.6 Å². The van der Waals surface area contributed by atoms with E-state index in [1.54, 1.807) is 0 Å². The average molecular weight is 396 g/mol. The van der Waals surface area contributed by atoms with E-state index in [2.05, 4.69) is 13.2 Å². The smallest absolute Gasteiger partial charge is 0.336 e. The minimum Gasteiger partial charge on any atom is -0.395 e. The summed E-state index contributed by atoms with van der Waals surface area (Å²) in [5.74, 6) is 0. The first-order valence-electron chi connectivity index (χ1n) is 9.62. The molecule has 0 spiro atoms. The van der Waals surface area contributed by atoms with Gasteiger partial charge < -0.3 is 10.2 Å². The van der Waals surface area contributed by atoms with Crippen molar-refractivity contribution in [1.29, 1.82) is 0 Å². The maximum absolute atomic E-state index is 12.5. The first-order chi connectivity index (χ1) is 13.5. The summed E-state index contributed by atoms with van der Waals surface area (Å²) in [4.78, 5) is 39.3. The van der Waals surface area contributed by atoms with Gasteiger partial charge in [-0.25, -0.2) is 28.1 Å². The standard InChI is InChI=1S/C19H32N4O5/c1-3-9-21-17(26)22(10-4-2)19(28)23(18(21)27)12-8-6-5-7-11-20(13-15-24)14-16-25/h3-4,24-25H,1-2,5-16H2. The average Bonchev–Trinajstić information content (AvgIpc) is 2.67.